The highest BCUT2D eigenvalue weighted by atomic mass is 35.5. The number of pyridine rings is 1. The number of carboxylic acids is 1. The first kappa shape index (κ1) is 11.8. The molecule has 15 heavy (non-hydrogen) atoms. The van der Waals surface area contributed by atoms with E-state index in [-0.39, 0.29) is 12.0 Å². The lowest BCUT2D eigenvalue weighted by Crippen LogP contribution is -2.18. The number of carboxylic acid groups (broad SMARTS) is 1. The van der Waals surface area contributed by atoms with Gasteiger partial charge >= 0.3 is 5.97 Å². The number of rotatable bonds is 5. The maximum absolute atomic E-state index is 11.3. The number of aromatic nitrogens is 1. The fraction of sp³-hybridized carbons (Fsp3) is 0.400. The van der Waals surface area contributed by atoms with Crippen LogP contribution in [0.15, 0.2) is 23.1 Å². The Morgan fingerprint density at radius 1 is 1.40 bits per heavy atom. The third-order valence-corrected chi connectivity index (χ3v) is 2.21. The fourth-order valence-corrected chi connectivity index (χ4v) is 1.42. The molecule has 1 aromatic rings. The second-order valence-electron chi connectivity index (χ2n) is 3.23. The Morgan fingerprint density at radius 3 is 2.80 bits per heavy atom. The number of carbonyl (C=O) groups is 1. The van der Waals surface area contributed by atoms with Crippen LogP contribution < -0.4 is 5.56 Å². The molecular weight excluding hydrogens is 218 g/mol. The van der Waals surface area contributed by atoms with Crippen LogP contribution in [-0.4, -0.2) is 15.6 Å². The van der Waals surface area contributed by atoms with Gasteiger partial charge in [-0.25, -0.2) is 0 Å². The number of aliphatic carboxylic acids is 1. The molecule has 0 bridgehead atoms. The average Bonchev–Trinajstić information content (AvgIpc) is 2.17. The van der Waals surface area contributed by atoms with Gasteiger partial charge in [-0.1, -0.05) is 11.6 Å². The normalized spacial score (nSPS) is 10.2. The molecule has 0 amide bonds. The number of halogens is 1. The van der Waals surface area contributed by atoms with Crippen molar-refractivity contribution in [3.8, 4) is 0 Å². The average molecular weight is 230 g/mol. The Hall–Kier alpha value is -1.29. The van der Waals surface area contributed by atoms with E-state index in [0.717, 1.165) is 0 Å². The number of aryl methyl sites for hydroxylation is 1. The van der Waals surface area contributed by atoms with E-state index in [0.29, 0.717) is 24.4 Å². The molecule has 0 spiro atoms. The molecule has 4 nitrogen and oxygen atoms in total. The van der Waals surface area contributed by atoms with Gasteiger partial charge in [-0.2, -0.15) is 0 Å². The molecule has 1 rings (SSSR count). The lowest BCUT2D eigenvalue weighted by Gasteiger charge is -2.04. The SMILES string of the molecule is O=C(O)CCCCn1cc(Cl)ccc1=O. The largest absolute Gasteiger partial charge is 0.481 e. The molecule has 0 fully saturated rings. The fourth-order valence-electron chi connectivity index (χ4n) is 1.24. The van der Waals surface area contributed by atoms with Crippen molar-refractivity contribution >= 4 is 17.6 Å². The lowest BCUT2D eigenvalue weighted by atomic mass is 10.2. The highest BCUT2D eigenvalue weighted by Gasteiger charge is 1.99. The molecule has 0 unspecified atom stereocenters. The molecule has 1 heterocycles. The van der Waals surface area contributed by atoms with Gasteiger partial charge in [0.25, 0.3) is 5.56 Å². The quantitative estimate of drug-likeness (QED) is 0.783. The summed E-state index contributed by atoms with van der Waals surface area (Å²) >= 11 is 5.73. The van der Waals surface area contributed by atoms with Crippen LogP contribution in [-0.2, 0) is 11.3 Å². The summed E-state index contributed by atoms with van der Waals surface area (Å²) in [5.74, 6) is -0.812. The van der Waals surface area contributed by atoms with E-state index >= 15 is 0 Å². The number of nitrogens with zero attached hydrogens (tertiary/aromatic N) is 1. The molecule has 0 aromatic carbocycles. The van der Waals surface area contributed by atoms with E-state index in [9.17, 15) is 9.59 Å². The van der Waals surface area contributed by atoms with Gasteiger partial charge in [0.15, 0.2) is 0 Å². The van der Waals surface area contributed by atoms with E-state index in [4.69, 9.17) is 16.7 Å². The topological polar surface area (TPSA) is 59.3 Å². The summed E-state index contributed by atoms with van der Waals surface area (Å²) in [6, 6.07) is 2.94. The van der Waals surface area contributed by atoms with Crippen LogP contribution in [0.4, 0.5) is 0 Å². The van der Waals surface area contributed by atoms with Gasteiger partial charge in [0.2, 0.25) is 0 Å². The zero-order chi connectivity index (χ0) is 11.3. The van der Waals surface area contributed by atoms with Crippen molar-refractivity contribution in [3.05, 3.63) is 33.7 Å². The van der Waals surface area contributed by atoms with Crippen LogP contribution >= 0.6 is 11.6 Å². The van der Waals surface area contributed by atoms with Crippen molar-refractivity contribution in [2.75, 3.05) is 0 Å². The molecule has 0 saturated carbocycles. The minimum absolute atomic E-state index is 0.116. The monoisotopic (exact) mass is 229 g/mol. The second kappa shape index (κ2) is 5.56. The van der Waals surface area contributed by atoms with Crippen LogP contribution in [0.3, 0.4) is 0 Å². The van der Waals surface area contributed by atoms with Gasteiger partial charge in [0.05, 0.1) is 5.02 Å². The first-order chi connectivity index (χ1) is 7.09. The molecule has 0 saturated heterocycles. The minimum Gasteiger partial charge on any atom is -0.481 e. The Balaban J connectivity index is 2.47. The Labute approximate surface area is 92.1 Å². The van der Waals surface area contributed by atoms with Crippen molar-refractivity contribution in [2.24, 2.45) is 0 Å². The van der Waals surface area contributed by atoms with E-state index in [1.54, 1.807) is 6.20 Å². The highest BCUT2D eigenvalue weighted by molar-refractivity contribution is 6.30. The van der Waals surface area contributed by atoms with Gasteiger partial charge < -0.3 is 9.67 Å². The Bertz CT molecular complexity index is 400. The van der Waals surface area contributed by atoms with Crippen LogP contribution in [0.1, 0.15) is 19.3 Å². The van der Waals surface area contributed by atoms with Crippen molar-refractivity contribution in [1.82, 2.24) is 4.57 Å². The zero-order valence-electron chi connectivity index (χ0n) is 8.15. The summed E-state index contributed by atoms with van der Waals surface area (Å²) in [6.07, 6.45) is 2.92. The molecule has 1 aromatic heterocycles. The van der Waals surface area contributed by atoms with Crippen molar-refractivity contribution in [3.63, 3.8) is 0 Å². The van der Waals surface area contributed by atoms with E-state index < -0.39 is 5.97 Å². The Morgan fingerprint density at radius 2 is 2.13 bits per heavy atom. The van der Waals surface area contributed by atoms with Gasteiger partial charge in [-0.3, -0.25) is 9.59 Å². The van der Waals surface area contributed by atoms with Gasteiger partial charge in [0.1, 0.15) is 0 Å². The van der Waals surface area contributed by atoms with Crippen LogP contribution in [0, 0.1) is 0 Å². The van der Waals surface area contributed by atoms with Gasteiger partial charge in [-0.15, -0.1) is 0 Å². The summed E-state index contributed by atoms with van der Waals surface area (Å²) in [5.41, 5.74) is -0.116. The predicted octanol–water partition coefficient (Wildman–Crippen LogP) is 1.76. The molecule has 1 N–H and O–H groups in total. The molecule has 0 radical (unpaired) electrons. The van der Waals surface area contributed by atoms with Crippen molar-refractivity contribution < 1.29 is 9.90 Å². The van der Waals surface area contributed by atoms with Crippen LogP contribution in [0.5, 0.6) is 0 Å². The molecule has 0 aliphatic carbocycles. The van der Waals surface area contributed by atoms with Crippen LogP contribution in [0.25, 0.3) is 0 Å². The second-order valence-corrected chi connectivity index (χ2v) is 3.67. The number of hydrogen-bond acceptors (Lipinski definition) is 2. The standard InChI is InChI=1S/C10H12ClNO3/c11-8-4-5-9(13)12(7-8)6-2-1-3-10(14)15/h4-5,7H,1-3,6H2,(H,14,15). The third-order valence-electron chi connectivity index (χ3n) is 1.99. The summed E-state index contributed by atoms with van der Waals surface area (Å²) < 4.78 is 1.49. The first-order valence-corrected chi connectivity index (χ1v) is 5.05. The molecule has 0 atom stereocenters. The smallest absolute Gasteiger partial charge is 0.303 e. The zero-order valence-corrected chi connectivity index (χ0v) is 8.91. The summed E-state index contributed by atoms with van der Waals surface area (Å²) in [5, 5.41) is 8.93. The Kier molecular flexibility index (Phi) is 4.37. The van der Waals surface area contributed by atoms with E-state index in [1.807, 2.05) is 0 Å². The third kappa shape index (κ3) is 4.16. The number of unbranched alkanes of at least 4 members (excludes halogenated alkanes) is 1. The minimum atomic E-state index is -0.812. The van der Waals surface area contributed by atoms with Crippen molar-refractivity contribution in [1.29, 1.82) is 0 Å². The maximum atomic E-state index is 11.3. The van der Waals surface area contributed by atoms with E-state index in [2.05, 4.69) is 0 Å². The summed E-state index contributed by atoms with van der Waals surface area (Å²) in [7, 11) is 0. The molecule has 5 heteroatoms. The number of hydrogen-bond donors (Lipinski definition) is 1. The van der Waals surface area contributed by atoms with E-state index in [1.165, 1.54) is 16.7 Å². The molecule has 0 aliphatic rings. The molecular formula is C10H12ClNO3. The molecule has 0 aliphatic heterocycles. The van der Waals surface area contributed by atoms with Gasteiger partial charge in [0, 0.05) is 25.2 Å². The lowest BCUT2D eigenvalue weighted by molar-refractivity contribution is -0.137. The van der Waals surface area contributed by atoms with Crippen LogP contribution in [0.2, 0.25) is 5.02 Å². The summed E-state index contributed by atoms with van der Waals surface area (Å²) in [4.78, 5) is 21.5. The van der Waals surface area contributed by atoms with Gasteiger partial charge in [-0.05, 0) is 18.9 Å². The summed E-state index contributed by atoms with van der Waals surface area (Å²) in [6.45, 7) is 0.507. The highest BCUT2D eigenvalue weighted by Crippen LogP contribution is 2.04. The maximum Gasteiger partial charge on any atom is 0.303 e. The molecule has 82 valence electrons. The predicted molar refractivity (Wildman–Crippen MR) is 57.2 cm³/mol. The van der Waals surface area contributed by atoms with Crippen molar-refractivity contribution in [2.45, 2.75) is 25.8 Å². The first-order valence-electron chi connectivity index (χ1n) is 4.67.